The predicted octanol–water partition coefficient (Wildman–Crippen LogP) is 2.26. The van der Waals surface area contributed by atoms with E-state index in [9.17, 15) is 13.6 Å². The van der Waals surface area contributed by atoms with Gasteiger partial charge in [0.15, 0.2) is 5.11 Å². The van der Waals surface area contributed by atoms with Gasteiger partial charge in [-0.05, 0) is 30.8 Å². The van der Waals surface area contributed by atoms with Crippen LogP contribution >= 0.6 is 12.2 Å². The monoisotopic (exact) mass is 301 g/mol. The molecule has 1 rings (SSSR count). The van der Waals surface area contributed by atoms with Crippen LogP contribution in [0.2, 0.25) is 0 Å². The van der Waals surface area contributed by atoms with Crippen molar-refractivity contribution < 1.29 is 13.6 Å². The number of amides is 1. The highest BCUT2D eigenvalue weighted by molar-refractivity contribution is 7.80. The van der Waals surface area contributed by atoms with Crippen LogP contribution in [0.15, 0.2) is 18.2 Å². The van der Waals surface area contributed by atoms with Crippen molar-refractivity contribution >= 4 is 23.2 Å². The maximum absolute atomic E-state index is 12.9. The van der Waals surface area contributed by atoms with Crippen LogP contribution in [0.25, 0.3) is 0 Å². The number of thiocarbonyl (C=S) groups is 1. The summed E-state index contributed by atoms with van der Waals surface area (Å²) in [6, 6.07) is 2.58. The number of rotatable bonds is 5. The molecule has 7 heteroatoms. The zero-order valence-electron chi connectivity index (χ0n) is 11.1. The van der Waals surface area contributed by atoms with Crippen LogP contribution in [0.5, 0.6) is 0 Å². The standard InChI is InChI=1S/C13H17F2N3OS/c1-2-3-4-5-16-13(20)18-17-12(19)9-6-10(14)8-11(15)7-9/h6-8H,2-5H2,1H3,(H,17,19)(H2,16,18,20). The number of unbranched alkanes of at least 4 members (excludes halogenated alkanes) is 2. The van der Waals surface area contributed by atoms with Crippen molar-refractivity contribution in [3.8, 4) is 0 Å². The molecule has 1 aromatic carbocycles. The quantitative estimate of drug-likeness (QED) is 0.444. The topological polar surface area (TPSA) is 53.2 Å². The number of carbonyl (C=O) groups is 1. The lowest BCUT2D eigenvalue weighted by Gasteiger charge is -2.11. The first-order valence-electron chi connectivity index (χ1n) is 6.33. The molecule has 0 atom stereocenters. The van der Waals surface area contributed by atoms with Crippen molar-refractivity contribution in [2.75, 3.05) is 6.54 Å². The van der Waals surface area contributed by atoms with E-state index in [-0.39, 0.29) is 10.7 Å². The molecule has 0 saturated carbocycles. The number of nitrogens with one attached hydrogen (secondary N) is 3. The fourth-order valence-corrected chi connectivity index (χ4v) is 1.64. The van der Waals surface area contributed by atoms with Crippen LogP contribution in [0.1, 0.15) is 36.5 Å². The van der Waals surface area contributed by atoms with Crippen molar-refractivity contribution in [3.63, 3.8) is 0 Å². The zero-order valence-corrected chi connectivity index (χ0v) is 11.9. The summed E-state index contributed by atoms with van der Waals surface area (Å²) in [5, 5.41) is 3.16. The van der Waals surface area contributed by atoms with Gasteiger partial charge in [0.1, 0.15) is 11.6 Å². The van der Waals surface area contributed by atoms with Gasteiger partial charge in [-0.15, -0.1) is 0 Å². The maximum Gasteiger partial charge on any atom is 0.269 e. The van der Waals surface area contributed by atoms with Crippen molar-refractivity contribution in [3.05, 3.63) is 35.4 Å². The second-order valence-electron chi connectivity index (χ2n) is 4.20. The third kappa shape index (κ3) is 5.92. The molecular formula is C13H17F2N3OS. The Kier molecular flexibility index (Phi) is 6.86. The molecule has 0 aliphatic rings. The first kappa shape index (κ1) is 16.3. The molecule has 0 aromatic heterocycles. The number of halogens is 2. The highest BCUT2D eigenvalue weighted by Crippen LogP contribution is 2.07. The van der Waals surface area contributed by atoms with E-state index in [0.717, 1.165) is 31.4 Å². The van der Waals surface area contributed by atoms with Crippen LogP contribution in [-0.2, 0) is 0 Å². The molecule has 0 aliphatic heterocycles. The molecule has 1 amide bonds. The Balaban J connectivity index is 2.37. The van der Waals surface area contributed by atoms with Gasteiger partial charge in [-0.2, -0.15) is 0 Å². The average Bonchev–Trinajstić information content (AvgIpc) is 2.40. The number of hydrogen-bond acceptors (Lipinski definition) is 2. The van der Waals surface area contributed by atoms with E-state index in [4.69, 9.17) is 12.2 Å². The Hall–Kier alpha value is -1.76. The molecular weight excluding hydrogens is 284 g/mol. The minimum Gasteiger partial charge on any atom is -0.361 e. The minimum atomic E-state index is -0.810. The molecule has 0 fully saturated rings. The van der Waals surface area contributed by atoms with Crippen molar-refractivity contribution in [1.82, 2.24) is 16.2 Å². The number of carbonyl (C=O) groups excluding carboxylic acids is 1. The van der Waals surface area contributed by atoms with Crippen molar-refractivity contribution in [1.29, 1.82) is 0 Å². The van der Waals surface area contributed by atoms with Crippen molar-refractivity contribution in [2.24, 2.45) is 0 Å². The third-order valence-corrected chi connectivity index (χ3v) is 2.73. The van der Waals surface area contributed by atoms with Crippen LogP contribution in [0, 0.1) is 11.6 Å². The third-order valence-electron chi connectivity index (χ3n) is 2.48. The molecule has 0 aliphatic carbocycles. The molecule has 0 bridgehead atoms. The molecule has 1 aromatic rings. The molecule has 4 nitrogen and oxygen atoms in total. The van der Waals surface area contributed by atoms with Gasteiger partial charge in [-0.1, -0.05) is 19.8 Å². The Labute approximate surface area is 121 Å². The van der Waals surface area contributed by atoms with Gasteiger partial charge >= 0.3 is 0 Å². The summed E-state index contributed by atoms with van der Waals surface area (Å²) < 4.78 is 25.9. The molecule has 0 unspecified atom stereocenters. The fraction of sp³-hybridized carbons (Fsp3) is 0.385. The molecule has 0 radical (unpaired) electrons. The smallest absolute Gasteiger partial charge is 0.269 e. The van der Waals surface area contributed by atoms with E-state index in [0.29, 0.717) is 12.6 Å². The Morgan fingerprint density at radius 3 is 2.40 bits per heavy atom. The van der Waals surface area contributed by atoms with Crippen LogP contribution in [-0.4, -0.2) is 17.6 Å². The van der Waals surface area contributed by atoms with Gasteiger partial charge in [0.2, 0.25) is 0 Å². The van der Waals surface area contributed by atoms with Gasteiger partial charge < -0.3 is 5.32 Å². The van der Waals surface area contributed by atoms with Crippen LogP contribution in [0.4, 0.5) is 8.78 Å². The second-order valence-corrected chi connectivity index (χ2v) is 4.61. The van der Waals surface area contributed by atoms with Crippen molar-refractivity contribution in [2.45, 2.75) is 26.2 Å². The Bertz CT molecular complexity index is 462. The van der Waals surface area contributed by atoms with E-state index in [1.807, 2.05) is 0 Å². The Morgan fingerprint density at radius 1 is 1.15 bits per heavy atom. The lowest BCUT2D eigenvalue weighted by atomic mass is 10.2. The molecule has 110 valence electrons. The normalized spacial score (nSPS) is 9.95. The minimum absolute atomic E-state index is 0.121. The molecule has 0 heterocycles. The van der Waals surface area contributed by atoms with Gasteiger partial charge in [0, 0.05) is 18.2 Å². The summed E-state index contributed by atoms with van der Waals surface area (Å²) in [4.78, 5) is 11.6. The molecule has 0 saturated heterocycles. The average molecular weight is 301 g/mol. The Morgan fingerprint density at radius 2 is 1.80 bits per heavy atom. The number of hydrogen-bond donors (Lipinski definition) is 3. The predicted molar refractivity (Wildman–Crippen MR) is 77.1 cm³/mol. The number of hydrazine groups is 1. The summed E-state index contributed by atoms with van der Waals surface area (Å²) in [5.74, 6) is -2.29. The van der Waals surface area contributed by atoms with Gasteiger partial charge in [-0.3, -0.25) is 15.6 Å². The summed E-state index contributed by atoms with van der Waals surface area (Å²) in [5.41, 5.74) is 4.62. The summed E-state index contributed by atoms with van der Waals surface area (Å²) >= 11 is 4.94. The van der Waals surface area contributed by atoms with E-state index in [1.54, 1.807) is 0 Å². The van der Waals surface area contributed by atoms with Gasteiger partial charge in [0.05, 0.1) is 0 Å². The highest BCUT2D eigenvalue weighted by Gasteiger charge is 2.09. The second kappa shape index (κ2) is 8.42. The van der Waals surface area contributed by atoms with Crippen LogP contribution < -0.4 is 16.2 Å². The van der Waals surface area contributed by atoms with E-state index in [2.05, 4.69) is 23.1 Å². The van der Waals surface area contributed by atoms with E-state index in [1.165, 1.54) is 0 Å². The fourth-order valence-electron chi connectivity index (χ4n) is 1.49. The maximum atomic E-state index is 12.9. The van der Waals surface area contributed by atoms with Gasteiger partial charge in [-0.25, -0.2) is 8.78 Å². The first-order chi connectivity index (χ1) is 9.52. The SMILES string of the molecule is CCCCCNC(=S)NNC(=O)c1cc(F)cc(F)c1. The van der Waals surface area contributed by atoms with Gasteiger partial charge in [0.25, 0.3) is 5.91 Å². The molecule has 3 N–H and O–H groups in total. The summed E-state index contributed by atoms with van der Waals surface area (Å²) in [7, 11) is 0. The van der Waals surface area contributed by atoms with Crippen LogP contribution in [0.3, 0.4) is 0 Å². The number of benzene rings is 1. The lowest BCUT2D eigenvalue weighted by Crippen LogP contribution is -2.47. The highest BCUT2D eigenvalue weighted by atomic mass is 32.1. The first-order valence-corrected chi connectivity index (χ1v) is 6.74. The summed E-state index contributed by atoms with van der Waals surface area (Å²) in [6.45, 7) is 2.79. The largest absolute Gasteiger partial charge is 0.361 e. The summed E-state index contributed by atoms with van der Waals surface area (Å²) in [6.07, 6.45) is 3.16. The molecule has 0 spiro atoms. The lowest BCUT2D eigenvalue weighted by molar-refractivity contribution is 0.0942. The molecule has 20 heavy (non-hydrogen) atoms. The van der Waals surface area contributed by atoms with E-state index >= 15 is 0 Å². The van der Waals surface area contributed by atoms with E-state index < -0.39 is 17.5 Å². The zero-order chi connectivity index (χ0) is 15.0.